The zero-order valence-corrected chi connectivity index (χ0v) is 9.19. The van der Waals surface area contributed by atoms with E-state index < -0.39 is 11.6 Å². The minimum absolute atomic E-state index is 0.144. The Kier molecular flexibility index (Phi) is 5.89. The van der Waals surface area contributed by atoms with Crippen molar-refractivity contribution in [2.24, 2.45) is 0 Å². The van der Waals surface area contributed by atoms with Crippen LogP contribution in [0.3, 0.4) is 0 Å². The van der Waals surface area contributed by atoms with Crippen LogP contribution in [0.1, 0.15) is 26.7 Å². The van der Waals surface area contributed by atoms with Crippen LogP contribution in [-0.2, 0) is 9.53 Å². The molecule has 4 heteroatoms. The molecule has 0 saturated carbocycles. The smallest absolute Gasteiger partial charge is 0.313 e. The third-order valence-corrected chi connectivity index (χ3v) is 1.87. The quantitative estimate of drug-likeness (QED) is 0.395. The van der Waals surface area contributed by atoms with Crippen molar-refractivity contribution in [2.75, 3.05) is 6.61 Å². The van der Waals surface area contributed by atoms with Gasteiger partial charge in [0.2, 0.25) is 0 Å². The van der Waals surface area contributed by atoms with Crippen molar-refractivity contribution < 1.29 is 19.7 Å². The lowest BCUT2D eigenvalue weighted by molar-refractivity contribution is -0.143. The van der Waals surface area contributed by atoms with E-state index in [0.717, 1.165) is 5.57 Å². The van der Waals surface area contributed by atoms with Crippen molar-refractivity contribution in [3.05, 3.63) is 24.5 Å². The predicted molar refractivity (Wildman–Crippen MR) is 57.0 cm³/mol. The lowest BCUT2D eigenvalue weighted by Crippen LogP contribution is -2.29. The van der Waals surface area contributed by atoms with Crippen molar-refractivity contribution >= 4 is 5.97 Å². The summed E-state index contributed by atoms with van der Waals surface area (Å²) >= 11 is 0. The second kappa shape index (κ2) is 6.37. The van der Waals surface area contributed by atoms with E-state index in [0.29, 0.717) is 0 Å². The van der Waals surface area contributed by atoms with Gasteiger partial charge in [0.05, 0.1) is 18.3 Å². The van der Waals surface area contributed by atoms with Crippen molar-refractivity contribution in [3.8, 4) is 0 Å². The molecule has 0 radical (unpaired) electrons. The van der Waals surface area contributed by atoms with Crippen LogP contribution in [0.4, 0.5) is 0 Å². The van der Waals surface area contributed by atoms with E-state index in [9.17, 15) is 9.90 Å². The number of aliphatic hydroxyl groups is 2. The van der Waals surface area contributed by atoms with E-state index in [2.05, 4.69) is 6.58 Å². The van der Waals surface area contributed by atoms with Crippen LogP contribution in [0, 0.1) is 0 Å². The fraction of sp³-hybridized carbons (Fsp3) is 0.545. The summed E-state index contributed by atoms with van der Waals surface area (Å²) in [6.07, 6.45) is 2.84. The first kappa shape index (κ1) is 13.9. The Morgan fingerprint density at radius 1 is 1.60 bits per heavy atom. The summed E-state index contributed by atoms with van der Waals surface area (Å²) < 4.78 is 4.76. The second-order valence-corrected chi connectivity index (χ2v) is 3.70. The summed E-state index contributed by atoms with van der Waals surface area (Å²) in [7, 11) is 0. The molecule has 0 amide bonds. The highest BCUT2D eigenvalue weighted by Gasteiger charge is 2.24. The number of aliphatic hydroxyl groups excluding tert-OH is 1. The minimum atomic E-state index is -1.22. The molecule has 0 spiro atoms. The fourth-order valence-corrected chi connectivity index (χ4v) is 0.889. The average Bonchev–Trinajstić information content (AvgIpc) is 2.13. The number of esters is 1. The zero-order valence-electron chi connectivity index (χ0n) is 9.19. The van der Waals surface area contributed by atoms with Gasteiger partial charge in [-0.05, 0) is 25.8 Å². The summed E-state index contributed by atoms with van der Waals surface area (Å²) in [6.45, 7) is 6.56. The molecule has 4 nitrogen and oxygen atoms in total. The number of hydrogen-bond donors (Lipinski definition) is 2. The van der Waals surface area contributed by atoms with Gasteiger partial charge in [-0.25, -0.2) is 0 Å². The second-order valence-electron chi connectivity index (χ2n) is 3.70. The van der Waals surface area contributed by atoms with Crippen LogP contribution >= 0.6 is 0 Å². The molecule has 0 rings (SSSR count). The number of carbonyl (C=O) groups is 1. The van der Waals surface area contributed by atoms with Gasteiger partial charge in [-0.1, -0.05) is 12.7 Å². The first-order valence-corrected chi connectivity index (χ1v) is 4.73. The van der Waals surface area contributed by atoms with E-state index in [1.807, 2.05) is 0 Å². The summed E-state index contributed by atoms with van der Waals surface area (Å²) in [5.74, 6) is -0.533. The molecule has 0 saturated heterocycles. The van der Waals surface area contributed by atoms with Crippen LogP contribution in [0.5, 0.6) is 0 Å². The normalized spacial score (nSPS) is 15.6. The SMILES string of the molecule is C=CC(C)=COC(=O)C[C@](C)(O)CCO. The van der Waals surface area contributed by atoms with Crippen LogP contribution in [-0.4, -0.2) is 28.4 Å². The first-order chi connectivity index (χ1) is 6.91. The minimum Gasteiger partial charge on any atom is -0.434 e. The largest absolute Gasteiger partial charge is 0.434 e. The molecule has 0 aliphatic heterocycles. The van der Waals surface area contributed by atoms with Crippen molar-refractivity contribution in [2.45, 2.75) is 32.3 Å². The highest BCUT2D eigenvalue weighted by Crippen LogP contribution is 2.14. The third-order valence-electron chi connectivity index (χ3n) is 1.87. The zero-order chi connectivity index (χ0) is 11.9. The Hall–Kier alpha value is -1.13. The molecular weight excluding hydrogens is 196 g/mol. The molecule has 15 heavy (non-hydrogen) atoms. The Balaban J connectivity index is 4.09. The summed E-state index contributed by atoms with van der Waals surface area (Å²) in [5.41, 5.74) is -0.493. The Morgan fingerprint density at radius 3 is 2.67 bits per heavy atom. The number of allylic oxidation sites excluding steroid dienone is 2. The molecule has 0 bridgehead atoms. The standard InChI is InChI=1S/C11H18O4/c1-4-9(2)8-15-10(13)7-11(3,14)5-6-12/h4,8,12,14H,1,5-7H2,2-3H3/t11-/m1/s1. The van der Waals surface area contributed by atoms with Gasteiger partial charge in [-0.15, -0.1) is 0 Å². The van der Waals surface area contributed by atoms with Crippen molar-refractivity contribution in [1.29, 1.82) is 0 Å². The van der Waals surface area contributed by atoms with E-state index in [-0.39, 0.29) is 19.4 Å². The van der Waals surface area contributed by atoms with E-state index >= 15 is 0 Å². The number of hydrogen-bond acceptors (Lipinski definition) is 4. The molecule has 0 fully saturated rings. The average molecular weight is 214 g/mol. The lowest BCUT2D eigenvalue weighted by Gasteiger charge is -2.20. The highest BCUT2D eigenvalue weighted by atomic mass is 16.5. The van der Waals surface area contributed by atoms with Gasteiger partial charge in [0.25, 0.3) is 0 Å². The number of rotatable bonds is 6. The van der Waals surface area contributed by atoms with Gasteiger partial charge in [0.15, 0.2) is 0 Å². The van der Waals surface area contributed by atoms with Crippen LogP contribution in [0.15, 0.2) is 24.5 Å². The van der Waals surface area contributed by atoms with Gasteiger partial charge in [0, 0.05) is 6.61 Å². The molecule has 0 aliphatic rings. The molecule has 2 N–H and O–H groups in total. The van der Waals surface area contributed by atoms with Crippen LogP contribution < -0.4 is 0 Å². The van der Waals surface area contributed by atoms with Crippen LogP contribution in [0.2, 0.25) is 0 Å². The van der Waals surface area contributed by atoms with Crippen LogP contribution in [0.25, 0.3) is 0 Å². The Bertz CT molecular complexity index is 253. The van der Waals surface area contributed by atoms with Gasteiger partial charge >= 0.3 is 5.97 Å². The Morgan fingerprint density at radius 2 is 2.20 bits per heavy atom. The maximum atomic E-state index is 11.2. The fourth-order valence-electron chi connectivity index (χ4n) is 0.889. The lowest BCUT2D eigenvalue weighted by atomic mass is 9.99. The maximum Gasteiger partial charge on any atom is 0.313 e. The first-order valence-electron chi connectivity index (χ1n) is 4.73. The van der Waals surface area contributed by atoms with Gasteiger partial charge < -0.3 is 14.9 Å². The van der Waals surface area contributed by atoms with Gasteiger partial charge in [-0.3, -0.25) is 4.79 Å². The molecule has 0 heterocycles. The van der Waals surface area contributed by atoms with Gasteiger partial charge in [0.1, 0.15) is 0 Å². The predicted octanol–water partition coefficient (Wildman–Crippen LogP) is 1.14. The molecule has 0 aromatic rings. The number of ether oxygens (including phenoxy) is 1. The van der Waals surface area contributed by atoms with E-state index in [1.54, 1.807) is 13.0 Å². The monoisotopic (exact) mass is 214 g/mol. The summed E-state index contributed by atoms with van der Waals surface area (Å²) in [4.78, 5) is 11.2. The molecule has 0 aliphatic carbocycles. The van der Waals surface area contributed by atoms with Crippen molar-refractivity contribution in [3.63, 3.8) is 0 Å². The molecular formula is C11H18O4. The van der Waals surface area contributed by atoms with Gasteiger partial charge in [-0.2, -0.15) is 0 Å². The van der Waals surface area contributed by atoms with Crippen molar-refractivity contribution in [1.82, 2.24) is 0 Å². The van der Waals surface area contributed by atoms with E-state index in [4.69, 9.17) is 9.84 Å². The summed E-state index contributed by atoms with van der Waals surface area (Å²) in [5, 5.41) is 18.2. The molecule has 1 atom stereocenters. The maximum absolute atomic E-state index is 11.2. The molecule has 0 unspecified atom stereocenters. The molecule has 0 aromatic heterocycles. The molecule has 0 aromatic carbocycles. The van der Waals surface area contributed by atoms with E-state index in [1.165, 1.54) is 13.2 Å². The number of carbonyl (C=O) groups excluding carboxylic acids is 1. The molecule has 86 valence electrons. The third kappa shape index (κ3) is 6.88. The summed E-state index contributed by atoms with van der Waals surface area (Å²) in [6, 6.07) is 0. The highest BCUT2D eigenvalue weighted by molar-refractivity contribution is 5.71. The topological polar surface area (TPSA) is 66.8 Å². The Labute approximate surface area is 89.9 Å².